The summed E-state index contributed by atoms with van der Waals surface area (Å²) < 4.78 is 0. The molecule has 60 valence electrons. The molecule has 12 heavy (non-hydrogen) atoms. The molecule has 2 aromatic heterocycles. The molecule has 0 saturated carbocycles. The number of pyridine rings is 1. The first-order valence-electron chi connectivity index (χ1n) is 3.47. The van der Waals surface area contributed by atoms with Crippen LogP contribution in [0.25, 0.3) is 11.3 Å². The topological polar surface area (TPSA) is 41.6 Å². The molecule has 0 aliphatic rings. The SMILES string of the molecule is Clc1cc(-c2ccn[nH]2)ccn1. The van der Waals surface area contributed by atoms with Crippen LogP contribution in [0.2, 0.25) is 5.15 Å². The zero-order valence-corrected chi connectivity index (χ0v) is 6.92. The van der Waals surface area contributed by atoms with Crippen LogP contribution in [-0.4, -0.2) is 15.2 Å². The van der Waals surface area contributed by atoms with Crippen LogP contribution >= 0.6 is 11.6 Å². The zero-order valence-electron chi connectivity index (χ0n) is 6.16. The van der Waals surface area contributed by atoms with Crippen LogP contribution in [0.4, 0.5) is 0 Å². The summed E-state index contributed by atoms with van der Waals surface area (Å²) in [6, 6.07) is 5.54. The molecule has 1 N–H and O–H groups in total. The van der Waals surface area contributed by atoms with Gasteiger partial charge in [-0.25, -0.2) is 4.98 Å². The van der Waals surface area contributed by atoms with Crippen molar-refractivity contribution in [3.63, 3.8) is 0 Å². The summed E-state index contributed by atoms with van der Waals surface area (Å²) in [6.45, 7) is 0. The second-order valence-electron chi connectivity index (χ2n) is 2.34. The molecule has 3 nitrogen and oxygen atoms in total. The van der Waals surface area contributed by atoms with Crippen molar-refractivity contribution in [2.75, 3.05) is 0 Å². The normalized spacial score (nSPS) is 10.1. The maximum absolute atomic E-state index is 5.72. The molecular formula is C8H6ClN3. The minimum atomic E-state index is 0.488. The second kappa shape index (κ2) is 2.95. The predicted molar refractivity (Wildman–Crippen MR) is 46.8 cm³/mol. The van der Waals surface area contributed by atoms with E-state index in [0.717, 1.165) is 11.3 Å². The van der Waals surface area contributed by atoms with Gasteiger partial charge >= 0.3 is 0 Å². The third-order valence-corrected chi connectivity index (χ3v) is 1.75. The van der Waals surface area contributed by atoms with E-state index in [-0.39, 0.29) is 0 Å². The van der Waals surface area contributed by atoms with Gasteiger partial charge in [-0.05, 0) is 18.2 Å². The van der Waals surface area contributed by atoms with Crippen molar-refractivity contribution in [1.82, 2.24) is 15.2 Å². The average molecular weight is 180 g/mol. The number of halogens is 1. The summed E-state index contributed by atoms with van der Waals surface area (Å²) in [5.41, 5.74) is 1.94. The number of aromatic amines is 1. The van der Waals surface area contributed by atoms with Gasteiger partial charge in [0.15, 0.2) is 0 Å². The first kappa shape index (κ1) is 7.31. The molecule has 0 radical (unpaired) electrons. The Morgan fingerprint density at radius 1 is 1.25 bits per heavy atom. The lowest BCUT2D eigenvalue weighted by atomic mass is 10.2. The monoisotopic (exact) mass is 179 g/mol. The predicted octanol–water partition coefficient (Wildman–Crippen LogP) is 2.13. The van der Waals surface area contributed by atoms with Crippen molar-refractivity contribution in [2.45, 2.75) is 0 Å². The summed E-state index contributed by atoms with van der Waals surface area (Å²) >= 11 is 5.72. The summed E-state index contributed by atoms with van der Waals surface area (Å²) in [5.74, 6) is 0. The fraction of sp³-hybridized carbons (Fsp3) is 0. The molecule has 0 amide bonds. The Balaban J connectivity index is 2.48. The van der Waals surface area contributed by atoms with Gasteiger partial charge in [0.05, 0.1) is 5.69 Å². The van der Waals surface area contributed by atoms with Gasteiger partial charge < -0.3 is 0 Å². The van der Waals surface area contributed by atoms with Gasteiger partial charge in [0, 0.05) is 18.0 Å². The molecule has 0 aliphatic carbocycles. The lowest BCUT2D eigenvalue weighted by Crippen LogP contribution is -1.79. The van der Waals surface area contributed by atoms with Crippen molar-refractivity contribution in [3.8, 4) is 11.3 Å². The highest BCUT2D eigenvalue weighted by Gasteiger charge is 1.98. The van der Waals surface area contributed by atoms with Crippen LogP contribution in [0.5, 0.6) is 0 Å². The van der Waals surface area contributed by atoms with E-state index < -0.39 is 0 Å². The minimum Gasteiger partial charge on any atom is -0.278 e. The largest absolute Gasteiger partial charge is 0.278 e. The van der Waals surface area contributed by atoms with Crippen LogP contribution in [-0.2, 0) is 0 Å². The average Bonchev–Trinajstić information content (AvgIpc) is 2.56. The van der Waals surface area contributed by atoms with Crippen molar-refractivity contribution in [1.29, 1.82) is 0 Å². The molecule has 0 saturated heterocycles. The van der Waals surface area contributed by atoms with E-state index in [1.54, 1.807) is 18.5 Å². The molecule has 0 spiro atoms. The Hall–Kier alpha value is -1.35. The van der Waals surface area contributed by atoms with Crippen molar-refractivity contribution < 1.29 is 0 Å². The zero-order chi connectivity index (χ0) is 8.39. The van der Waals surface area contributed by atoms with Crippen LogP contribution in [0.3, 0.4) is 0 Å². The lowest BCUT2D eigenvalue weighted by Gasteiger charge is -1.95. The van der Waals surface area contributed by atoms with Crippen LogP contribution < -0.4 is 0 Å². The Morgan fingerprint density at radius 3 is 2.83 bits per heavy atom. The lowest BCUT2D eigenvalue weighted by molar-refractivity contribution is 1.09. The Labute approximate surface area is 74.4 Å². The molecule has 0 aliphatic heterocycles. The maximum atomic E-state index is 5.72. The number of H-pyrrole nitrogens is 1. The van der Waals surface area contributed by atoms with Gasteiger partial charge in [-0.1, -0.05) is 11.6 Å². The van der Waals surface area contributed by atoms with Gasteiger partial charge in [-0.3, -0.25) is 5.10 Å². The minimum absolute atomic E-state index is 0.488. The summed E-state index contributed by atoms with van der Waals surface area (Å²) in [4.78, 5) is 3.88. The van der Waals surface area contributed by atoms with E-state index in [4.69, 9.17) is 11.6 Å². The van der Waals surface area contributed by atoms with E-state index in [0.29, 0.717) is 5.15 Å². The van der Waals surface area contributed by atoms with Gasteiger partial charge in [0.25, 0.3) is 0 Å². The molecule has 0 aromatic carbocycles. The van der Waals surface area contributed by atoms with Crippen LogP contribution in [0.1, 0.15) is 0 Å². The highest BCUT2D eigenvalue weighted by molar-refractivity contribution is 6.29. The van der Waals surface area contributed by atoms with E-state index in [2.05, 4.69) is 15.2 Å². The van der Waals surface area contributed by atoms with Crippen LogP contribution in [0, 0.1) is 0 Å². The first-order chi connectivity index (χ1) is 5.86. The molecule has 2 rings (SSSR count). The van der Waals surface area contributed by atoms with Gasteiger partial charge in [-0.15, -0.1) is 0 Å². The van der Waals surface area contributed by atoms with E-state index >= 15 is 0 Å². The highest BCUT2D eigenvalue weighted by atomic mass is 35.5. The first-order valence-corrected chi connectivity index (χ1v) is 3.85. The van der Waals surface area contributed by atoms with Gasteiger partial charge in [-0.2, -0.15) is 5.10 Å². The quantitative estimate of drug-likeness (QED) is 0.682. The van der Waals surface area contributed by atoms with E-state index in [9.17, 15) is 0 Å². The standard InChI is InChI=1S/C8H6ClN3/c9-8-5-6(1-3-10-8)7-2-4-11-12-7/h1-5H,(H,11,12). The number of hydrogen-bond donors (Lipinski definition) is 1. The number of aromatic nitrogens is 3. The van der Waals surface area contributed by atoms with E-state index in [1.807, 2.05) is 12.1 Å². The molecule has 0 fully saturated rings. The van der Waals surface area contributed by atoms with Crippen LogP contribution in [0.15, 0.2) is 30.6 Å². The number of nitrogens with zero attached hydrogens (tertiary/aromatic N) is 2. The van der Waals surface area contributed by atoms with Crippen molar-refractivity contribution in [3.05, 3.63) is 35.7 Å². The number of nitrogens with one attached hydrogen (secondary N) is 1. The highest BCUT2D eigenvalue weighted by Crippen LogP contribution is 2.17. The Bertz CT molecular complexity index is 370. The molecule has 0 unspecified atom stereocenters. The second-order valence-corrected chi connectivity index (χ2v) is 2.72. The van der Waals surface area contributed by atoms with E-state index in [1.165, 1.54) is 0 Å². The molecule has 0 atom stereocenters. The molecule has 2 heterocycles. The Morgan fingerprint density at radius 2 is 2.17 bits per heavy atom. The summed E-state index contributed by atoms with van der Waals surface area (Å²) in [5, 5.41) is 7.17. The number of hydrogen-bond acceptors (Lipinski definition) is 2. The summed E-state index contributed by atoms with van der Waals surface area (Å²) in [7, 11) is 0. The third-order valence-electron chi connectivity index (χ3n) is 1.54. The van der Waals surface area contributed by atoms with Gasteiger partial charge in [0.1, 0.15) is 5.15 Å². The molecule has 2 aromatic rings. The molecule has 0 bridgehead atoms. The van der Waals surface area contributed by atoms with Gasteiger partial charge in [0.2, 0.25) is 0 Å². The summed E-state index contributed by atoms with van der Waals surface area (Å²) in [6.07, 6.45) is 3.36. The molecular weight excluding hydrogens is 174 g/mol. The third kappa shape index (κ3) is 1.31. The smallest absolute Gasteiger partial charge is 0.129 e. The molecule has 4 heteroatoms. The van der Waals surface area contributed by atoms with Crippen molar-refractivity contribution >= 4 is 11.6 Å². The fourth-order valence-corrected chi connectivity index (χ4v) is 1.16. The fourth-order valence-electron chi connectivity index (χ4n) is 0.987. The Kier molecular flexibility index (Phi) is 1.80. The van der Waals surface area contributed by atoms with Crippen molar-refractivity contribution in [2.24, 2.45) is 0 Å². The number of rotatable bonds is 1. The maximum Gasteiger partial charge on any atom is 0.129 e.